The number of nitrogens with one attached hydrogen (secondary N) is 1. The van der Waals surface area contributed by atoms with Gasteiger partial charge in [0.05, 0.1) is 19.1 Å². The zero-order chi connectivity index (χ0) is 16.2. The van der Waals surface area contributed by atoms with Crippen LogP contribution in [0.2, 0.25) is 0 Å². The summed E-state index contributed by atoms with van der Waals surface area (Å²) in [5.74, 6) is -1.04. The van der Waals surface area contributed by atoms with E-state index in [-0.39, 0.29) is 18.4 Å². The molecule has 1 heterocycles. The molecular formula is C14H24N2O5. The standard InChI is InChI=1S/C14H24N2O5/c1-9(17)15-8-11-10(12(18)20-5)6-7-16(11)13(19)21-14(2,3)4/h10-11H,6-8H2,1-5H3,(H,15,17)/t10-,11+/m1/s1. The summed E-state index contributed by atoms with van der Waals surface area (Å²) in [6.45, 7) is 7.33. The predicted octanol–water partition coefficient (Wildman–Crippen LogP) is 0.921. The van der Waals surface area contributed by atoms with E-state index in [1.807, 2.05) is 0 Å². The van der Waals surface area contributed by atoms with Gasteiger partial charge in [0.2, 0.25) is 5.91 Å². The van der Waals surface area contributed by atoms with Crippen LogP contribution < -0.4 is 5.32 Å². The van der Waals surface area contributed by atoms with E-state index in [0.717, 1.165) is 0 Å². The summed E-state index contributed by atoms with van der Waals surface area (Å²) in [7, 11) is 1.31. The fourth-order valence-corrected chi connectivity index (χ4v) is 2.33. The molecule has 0 aromatic heterocycles. The van der Waals surface area contributed by atoms with E-state index in [0.29, 0.717) is 13.0 Å². The van der Waals surface area contributed by atoms with E-state index in [9.17, 15) is 14.4 Å². The van der Waals surface area contributed by atoms with Crippen LogP contribution in [0.5, 0.6) is 0 Å². The molecule has 0 aromatic carbocycles. The molecule has 7 heteroatoms. The van der Waals surface area contributed by atoms with Crippen LogP contribution >= 0.6 is 0 Å². The Kier molecular flexibility index (Phi) is 5.57. The molecule has 1 aliphatic rings. The smallest absolute Gasteiger partial charge is 0.410 e. The van der Waals surface area contributed by atoms with Crippen molar-refractivity contribution in [3.05, 3.63) is 0 Å². The number of amides is 2. The normalized spacial score (nSPS) is 21.9. The largest absolute Gasteiger partial charge is 0.469 e. The zero-order valence-corrected chi connectivity index (χ0v) is 13.3. The highest BCUT2D eigenvalue weighted by Crippen LogP contribution is 2.27. The van der Waals surface area contributed by atoms with Crippen molar-refractivity contribution in [2.45, 2.75) is 45.8 Å². The number of carbonyl (C=O) groups excluding carboxylic acids is 3. The van der Waals surface area contributed by atoms with Crippen LogP contribution in [-0.2, 0) is 19.1 Å². The SMILES string of the molecule is COC(=O)[C@@H]1CCN(C(=O)OC(C)(C)C)[C@H]1CNC(C)=O. The molecule has 0 spiro atoms. The van der Waals surface area contributed by atoms with Gasteiger partial charge in [-0.25, -0.2) is 4.79 Å². The predicted molar refractivity (Wildman–Crippen MR) is 75.5 cm³/mol. The molecule has 0 aliphatic carbocycles. The van der Waals surface area contributed by atoms with Crippen molar-refractivity contribution in [2.75, 3.05) is 20.2 Å². The summed E-state index contributed by atoms with van der Waals surface area (Å²) >= 11 is 0. The van der Waals surface area contributed by atoms with E-state index < -0.39 is 23.7 Å². The minimum absolute atomic E-state index is 0.203. The summed E-state index contributed by atoms with van der Waals surface area (Å²) in [6.07, 6.45) is 0.0140. The number of rotatable bonds is 3. The molecule has 0 radical (unpaired) electrons. The average Bonchev–Trinajstić information content (AvgIpc) is 2.77. The molecule has 0 aromatic rings. The van der Waals surface area contributed by atoms with Crippen molar-refractivity contribution in [1.29, 1.82) is 0 Å². The second-order valence-electron chi connectivity index (χ2n) is 6.10. The quantitative estimate of drug-likeness (QED) is 0.783. The van der Waals surface area contributed by atoms with Gasteiger partial charge in [-0.1, -0.05) is 0 Å². The fourth-order valence-electron chi connectivity index (χ4n) is 2.33. The van der Waals surface area contributed by atoms with Crippen LogP contribution in [0.3, 0.4) is 0 Å². The fraction of sp³-hybridized carbons (Fsp3) is 0.786. The Labute approximate surface area is 124 Å². The summed E-state index contributed by atoms with van der Waals surface area (Å²) in [5, 5.41) is 2.65. The maximum Gasteiger partial charge on any atom is 0.410 e. The monoisotopic (exact) mass is 300 g/mol. The van der Waals surface area contributed by atoms with Crippen molar-refractivity contribution in [2.24, 2.45) is 5.92 Å². The van der Waals surface area contributed by atoms with Crippen LogP contribution in [0.4, 0.5) is 4.79 Å². The molecule has 2 amide bonds. The van der Waals surface area contributed by atoms with Crippen molar-refractivity contribution >= 4 is 18.0 Å². The number of esters is 1. The summed E-state index contributed by atoms with van der Waals surface area (Å²) in [4.78, 5) is 36.6. The Morgan fingerprint density at radius 1 is 1.29 bits per heavy atom. The third-order valence-electron chi connectivity index (χ3n) is 3.24. The second-order valence-corrected chi connectivity index (χ2v) is 6.10. The third-order valence-corrected chi connectivity index (χ3v) is 3.24. The molecule has 0 saturated carbocycles. The molecule has 1 rings (SSSR count). The number of hydrogen-bond donors (Lipinski definition) is 1. The number of nitrogens with zero attached hydrogens (tertiary/aromatic N) is 1. The van der Waals surface area contributed by atoms with E-state index in [1.165, 1.54) is 18.9 Å². The Hall–Kier alpha value is -1.79. The molecular weight excluding hydrogens is 276 g/mol. The van der Waals surface area contributed by atoms with Gasteiger partial charge >= 0.3 is 12.1 Å². The first-order valence-corrected chi connectivity index (χ1v) is 6.97. The highest BCUT2D eigenvalue weighted by Gasteiger charge is 2.43. The highest BCUT2D eigenvalue weighted by atomic mass is 16.6. The third kappa shape index (κ3) is 4.91. The molecule has 1 saturated heterocycles. The Bertz CT molecular complexity index is 416. The van der Waals surface area contributed by atoms with Crippen LogP contribution in [0.1, 0.15) is 34.1 Å². The zero-order valence-electron chi connectivity index (χ0n) is 13.3. The minimum Gasteiger partial charge on any atom is -0.469 e. The maximum atomic E-state index is 12.2. The lowest BCUT2D eigenvalue weighted by Gasteiger charge is -2.30. The summed E-state index contributed by atoms with van der Waals surface area (Å²) in [5.41, 5.74) is -0.612. The number of carbonyl (C=O) groups is 3. The Morgan fingerprint density at radius 3 is 2.38 bits per heavy atom. The van der Waals surface area contributed by atoms with Crippen molar-refractivity contribution in [3.63, 3.8) is 0 Å². The average molecular weight is 300 g/mol. The first-order chi connectivity index (χ1) is 9.65. The topological polar surface area (TPSA) is 84.9 Å². The second kappa shape index (κ2) is 6.78. The van der Waals surface area contributed by atoms with Gasteiger partial charge in [0, 0.05) is 20.0 Å². The van der Waals surface area contributed by atoms with Gasteiger partial charge in [0.1, 0.15) is 5.60 Å². The molecule has 0 unspecified atom stereocenters. The van der Waals surface area contributed by atoms with Crippen molar-refractivity contribution in [1.82, 2.24) is 10.2 Å². The van der Waals surface area contributed by atoms with Crippen molar-refractivity contribution in [3.8, 4) is 0 Å². The van der Waals surface area contributed by atoms with Crippen molar-refractivity contribution < 1.29 is 23.9 Å². The molecule has 2 atom stereocenters. The van der Waals surface area contributed by atoms with Gasteiger partial charge in [-0.15, -0.1) is 0 Å². The molecule has 0 bridgehead atoms. The van der Waals surface area contributed by atoms with Gasteiger partial charge < -0.3 is 19.7 Å². The van der Waals surface area contributed by atoms with Gasteiger partial charge in [-0.3, -0.25) is 9.59 Å². The highest BCUT2D eigenvalue weighted by molar-refractivity contribution is 5.77. The molecule has 7 nitrogen and oxygen atoms in total. The number of likely N-dealkylation sites (tertiary alicyclic amines) is 1. The summed E-state index contributed by atoms with van der Waals surface area (Å²) in [6, 6.07) is -0.448. The van der Waals surface area contributed by atoms with Crippen LogP contribution in [0, 0.1) is 5.92 Å². The molecule has 1 fully saturated rings. The molecule has 21 heavy (non-hydrogen) atoms. The van der Waals surface area contributed by atoms with Crippen LogP contribution in [0.15, 0.2) is 0 Å². The number of methoxy groups -OCH3 is 1. The lowest BCUT2D eigenvalue weighted by atomic mass is 10.0. The van der Waals surface area contributed by atoms with Gasteiger partial charge in [0.15, 0.2) is 0 Å². The van der Waals surface area contributed by atoms with E-state index in [1.54, 1.807) is 20.8 Å². The first kappa shape index (κ1) is 17.3. The molecule has 1 N–H and O–H groups in total. The van der Waals surface area contributed by atoms with E-state index >= 15 is 0 Å². The lowest BCUT2D eigenvalue weighted by molar-refractivity contribution is -0.146. The summed E-state index contributed by atoms with van der Waals surface area (Å²) < 4.78 is 10.1. The number of hydrogen-bond acceptors (Lipinski definition) is 5. The van der Waals surface area contributed by atoms with Gasteiger partial charge in [-0.2, -0.15) is 0 Å². The minimum atomic E-state index is -0.612. The molecule has 120 valence electrons. The van der Waals surface area contributed by atoms with Gasteiger partial charge in [-0.05, 0) is 27.2 Å². The molecule has 1 aliphatic heterocycles. The lowest BCUT2D eigenvalue weighted by Crippen LogP contribution is -2.48. The van der Waals surface area contributed by atoms with E-state index in [4.69, 9.17) is 9.47 Å². The Morgan fingerprint density at radius 2 is 1.90 bits per heavy atom. The number of ether oxygens (including phenoxy) is 2. The van der Waals surface area contributed by atoms with Crippen LogP contribution in [0.25, 0.3) is 0 Å². The van der Waals surface area contributed by atoms with Gasteiger partial charge in [0.25, 0.3) is 0 Å². The van der Waals surface area contributed by atoms with Crippen LogP contribution in [-0.4, -0.2) is 54.7 Å². The Balaban J connectivity index is 2.83. The maximum absolute atomic E-state index is 12.2. The van der Waals surface area contributed by atoms with E-state index in [2.05, 4.69) is 5.32 Å². The first-order valence-electron chi connectivity index (χ1n) is 6.97.